The molecule has 0 radical (unpaired) electrons. The largest absolute Gasteiger partial charge is 0.349 e. The van der Waals surface area contributed by atoms with Crippen LogP contribution in [0, 0.1) is 17.3 Å². The molecule has 3 rings (SSSR count). The van der Waals surface area contributed by atoms with Gasteiger partial charge in [-0.25, -0.2) is 4.98 Å². The summed E-state index contributed by atoms with van der Waals surface area (Å²) >= 11 is 1.64. The van der Waals surface area contributed by atoms with Gasteiger partial charge < -0.3 is 5.32 Å². The van der Waals surface area contributed by atoms with Crippen LogP contribution in [-0.4, -0.2) is 10.9 Å². The molecule has 1 amide bonds. The predicted molar refractivity (Wildman–Crippen MR) is 91.7 cm³/mol. The van der Waals surface area contributed by atoms with E-state index in [0.717, 1.165) is 10.5 Å². The Hall–Kier alpha value is -1.68. The molecule has 0 bridgehead atoms. The van der Waals surface area contributed by atoms with Crippen LogP contribution in [0.3, 0.4) is 0 Å². The number of fused-ring (bicyclic) bond motifs is 1. The molecule has 3 nitrogen and oxygen atoms in total. The van der Waals surface area contributed by atoms with Crippen LogP contribution in [0.1, 0.15) is 32.7 Å². The van der Waals surface area contributed by atoms with E-state index in [9.17, 15) is 4.79 Å². The maximum absolute atomic E-state index is 12.4. The molecule has 1 aromatic heterocycles. The first-order valence-electron chi connectivity index (χ1n) is 7.67. The smallest absolute Gasteiger partial charge is 0.224 e. The van der Waals surface area contributed by atoms with Crippen LogP contribution in [0.25, 0.3) is 10.2 Å². The fourth-order valence-corrected chi connectivity index (χ4v) is 4.02. The molecular weight excluding hydrogens is 292 g/mol. The molecule has 1 saturated carbocycles. The summed E-state index contributed by atoms with van der Waals surface area (Å²) in [6.45, 7) is 9.03. The van der Waals surface area contributed by atoms with Gasteiger partial charge in [-0.1, -0.05) is 37.6 Å². The van der Waals surface area contributed by atoms with Gasteiger partial charge in [0.05, 0.1) is 22.7 Å². The molecule has 1 aromatic carbocycles. The molecule has 1 N–H and O–H groups in total. The standard InChI is InChI=1S/C18H22N2OS/c1-11(2)9-12-16(18(12,3)4)17(21)19-10-15-20-13-7-5-6-8-14(13)22-15/h5-9,12,16H,10H2,1-4H3,(H,19,21)/t12-,16-/m0/s1. The number of rotatable bonds is 4. The molecule has 22 heavy (non-hydrogen) atoms. The van der Waals surface area contributed by atoms with Crippen molar-refractivity contribution in [2.45, 2.75) is 34.2 Å². The highest BCUT2D eigenvalue weighted by molar-refractivity contribution is 7.18. The second kappa shape index (κ2) is 5.51. The van der Waals surface area contributed by atoms with E-state index < -0.39 is 0 Å². The lowest BCUT2D eigenvalue weighted by Gasteiger charge is -2.03. The van der Waals surface area contributed by atoms with Crippen LogP contribution in [0.15, 0.2) is 35.9 Å². The fraction of sp³-hybridized carbons (Fsp3) is 0.444. The number of thiazole rings is 1. The molecule has 1 fully saturated rings. The van der Waals surface area contributed by atoms with Crippen molar-refractivity contribution in [1.82, 2.24) is 10.3 Å². The summed E-state index contributed by atoms with van der Waals surface area (Å²) in [5.41, 5.74) is 2.35. The summed E-state index contributed by atoms with van der Waals surface area (Å²) in [5, 5.41) is 4.03. The van der Waals surface area contributed by atoms with Gasteiger partial charge in [-0.3, -0.25) is 4.79 Å². The zero-order valence-electron chi connectivity index (χ0n) is 13.5. The van der Waals surface area contributed by atoms with Crippen molar-refractivity contribution in [3.63, 3.8) is 0 Å². The molecule has 116 valence electrons. The van der Waals surface area contributed by atoms with E-state index in [1.54, 1.807) is 11.3 Å². The van der Waals surface area contributed by atoms with Crippen molar-refractivity contribution in [3.05, 3.63) is 40.9 Å². The fourth-order valence-electron chi connectivity index (χ4n) is 3.12. The van der Waals surface area contributed by atoms with E-state index in [1.165, 1.54) is 10.3 Å². The van der Waals surface area contributed by atoms with Crippen molar-refractivity contribution in [2.24, 2.45) is 17.3 Å². The molecule has 1 heterocycles. The molecule has 4 heteroatoms. The van der Waals surface area contributed by atoms with E-state index in [2.05, 4.69) is 50.1 Å². The van der Waals surface area contributed by atoms with Gasteiger partial charge in [0.25, 0.3) is 0 Å². The number of aromatic nitrogens is 1. The normalized spacial score (nSPS) is 22.4. The minimum absolute atomic E-state index is 0.0644. The van der Waals surface area contributed by atoms with Gasteiger partial charge in [-0.05, 0) is 37.3 Å². The molecule has 2 atom stereocenters. The number of allylic oxidation sites excluding steroid dienone is 2. The van der Waals surface area contributed by atoms with Crippen molar-refractivity contribution < 1.29 is 4.79 Å². The Labute approximate surface area is 135 Å². The molecule has 0 saturated heterocycles. The monoisotopic (exact) mass is 314 g/mol. The van der Waals surface area contributed by atoms with Crippen molar-refractivity contribution in [2.75, 3.05) is 0 Å². The van der Waals surface area contributed by atoms with Gasteiger partial charge in [-0.2, -0.15) is 0 Å². The van der Waals surface area contributed by atoms with Gasteiger partial charge in [0.1, 0.15) is 5.01 Å². The molecular formula is C18H22N2OS. The van der Waals surface area contributed by atoms with Gasteiger partial charge in [0.15, 0.2) is 0 Å². The van der Waals surface area contributed by atoms with Crippen molar-refractivity contribution >= 4 is 27.5 Å². The Morgan fingerprint density at radius 2 is 2.09 bits per heavy atom. The van der Waals surface area contributed by atoms with E-state index >= 15 is 0 Å². The third-order valence-electron chi connectivity index (χ3n) is 4.46. The number of benzene rings is 1. The lowest BCUT2D eigenvalue weighted by atomic mass is 10.1. The molecule has 0 spiro atoms. The van der Waals surface area contributed by atoms with Crippen LogP contribution >= 0.6 is 11.3 Å². The van der Waals surface area contributed by atoms with E-state index in [1.807, 2.05) is 18.2 Å². The predicted octanol–water partition coefficient (Wildman–Crippen LogP) is 4.15. The highest BCUT2D eigenvalue weighted by Gasteiger charge is 2.60. The SMILES string of the molecule is CC(C)=C[C@H]1[C@@H](C(=O)NCc2nc3ccccc3s2)C1(C)C. The van der Waals surface area contributed by atoms with Gasteiger partial charge in [0.2, 0.25) is 5.91 Å². The van der Waals surface area contributed by atoms with Crippen LogP contribution in [0.5, 0.6) is 0 Å². The topological polar surface area (TPSA) is 42.0 Å². The van der Waals surface area contributed by atoms with E-state index in [4.69, 9.17) is 0 Å². The Morgan fingerprint density at radius 3 is 2.77 bits per heavy atom. The van der Waals surface area contributed by atoms with Crippen LogP contribution in [0.2, 0.25) is 0 Å². The lowest BCUT2D eigenvalue weighted by Crippen LogP contribution is -2.26. The summed E-state index contributed by atoms with van der Waals surface area (Å²) in [6.07, 6.45) is 2.22. The number of carbonyl (C=O) groups excluding carboxylic acids is 1. The number of nitrogens with zero attached hydrogens (tertiary/aromatic N) is 1. The number of hydrogen-bond donors (Lipinski definition) is 1. The van der Waals surface area contributed by atoms with Gasteiger partial charge >= 0.3 is 0 Å². The number of hydrogen-bond acceptors (Lipinski definition) is 3. The molecule has 1 aliphatic rings. The second-order valence-electron chi connectivity index (χ2n) is 6.86. The molecule has 2 aromatic rings. The summed E-state index contributed by atoms with van der Waals surface area (Å²) in [4.78, 5) is 17.0. The molecule has 1 aliphatic carbocycles. The van der Waals surface area contributed by atoms with Crippen LogP contribution in [-0.2, 0) is 11.3 Å². The van der Waals surface area contributed by atoms with Gasteiger partial charge in [-0.15, -0.1) is 11.3 Å². The number of para-hydroxylation sites is 1. The minimum Gasteiger partial charge on any atom is -0.349 e. The Kier molecular flexibility index (Phi) is 3.81. The first-order chi connectivity index (χ1) is 10.4. The van der Waals surface area contributed by atoms with Crippen LogP contribution in [0.4, 0.5) is 0 Å². The molecule has 0 unspecified atom stereocenters. The van der Waals surface area contributed by atoms with Crippen molar-refractivity contribution in [3.8, 4) is 0 Å². The zero-order valence-corrected chi connectivity index (χ0v) is 14.3. The number of nitrogens with one attached hydrogen (secondary N) is 1. The first-order valence-corrected chi connectivity index (χ1v) is 8.48. The van der Waals surface area contributed by atoms with Crippen LogP contribution < -0.4 is 5.32 Å². The highest BCUT2D eigenvalue weighted by atomic mass is 32.1. The average molecular weight is 314 g/mol. The van der Waals surface area contributed by atoms with E-state index in [-0.39, 0.29) is 17.2 Å². The maximum Gasteiger partial charge on any atom is 0.224 e. The minimum atomic E-state index is 0.0644. The first kappa shape index (κ1) is 15.2. The maximum atomic E-state index is 12.4. The average Bonchev–Trinajstić information content (AvgIpc) is 2.83. The number of carbonyl (C=O) groups is 1. The summed E-state index contributed by atoms with van der Waals surface area (Å²) in [7, 11) is 0. The number of amides is 1. The van der Waals surface area contributed by atoms with Crippen molar-refractivity contribution in [1.29, 1.82) is 0 Å². The van der Waals surface area contributed by atoms with E-state index in [0.29, 0.717) is 12.5 Å². The second-order valence-corrected chi connectivity index (χ2v) is 7.98. The molecule has 0 aliphatic heterocycles. The third kappa shape index (κ3) is 2.80. The third-order valence-corrected chi connectivity index (χ3v) is 5.49. The summed E-state index contributed by atoms with van der Waals surface area (Å²) < 4.78 is 1.17. The summed E-state index contributed by atoms with van der Waals surface area (Å²) in [6, 6.07) is 8.07. The highest BCUT2D eigenvalue weighted by Crippen LogP contribution is 2.59. The van der Waals surface area contributed by atoms with Gasteiger partial charge in [0, 0.05) is 0 Å². The summed E-state index contributed by atoms with van der Waals surface area (Å²) in [5.74, 6) is 0.580. The zero-order chi connectivity index (χ0) is 15.9. The lowest BCUT2D eigenvalue weighted by molar-refractivity contribution is -0.123. The Bertz CT molecular complexity index is 707. The quantitative estimate of drug-likeness (QED) is 0.861. The Balaban J connectivity index is 1.64. The Morgan fingerprint density at radius 1 is 1.36 bits per heavy atom.